The van der Waals surface area contributed by atoms with Gasteiger partial charge < -0.3 is 9.68 Å². The molecule has 0 aliphatic heterocycles. The second-order valence-electron chi connectivity index (χ2n) is 6.87. The van der Waals surface area contributed by atoms with Gasteiger partial charge in [-0.1, -0.05) is 52.2 Å². The van der Waals surface area contributed by atoms with Crippen molar-refractivity contribution in [1.82, 2.24) is 9.97 Å². The molecule has 0 saturated carbocycles. The van der Waals surface area contributed by atoms with Crippen LogP contribution in [0.15, 0.2) is 71.0 Å². The van der Waals surface area contributed by atoms with Crippen molar-refractivity contribution in [3.63, 3.8) is 0 Å². The van der Waals surface area contributed by atoms with E-state index < -0.39 is 0 Å². The smallest absolute Gasteiger partial charge is 0.117 e. The molecule has 3 aromatic rings. The molecule has 160 valence electrons. The van der Waals surface area contributed by atoms with E-state index in [9.17, 15) is 0 Å². The van der Waals surface area contributed by atoms with Gasteiger partial charge in [-0.2, -0.15) is 0 Å². The molecule has 0 spiro atoms. The van der Waals surface area contributed by atoms with Crippen molar-refractivity contribution in [2.45, 2.75) is 26.7 Å². The van der Waals surface area contributed by atoms with Crippen molar-refractivity contribution in [2.75, 3.05) is 13.7 Å². The maximum atomic E-state index is 6.29. The Morgan fingerprint density at radius 2 is 1.58 bits per heavy atom. The van der Waals surface area contributed by atoms with E-state index in [1.165, 1.54) is 7.11 Å². The summed E-state index contributed by atoms with van der Waals surface area (Å²) < 4.78 is 0. The zero-order chi connectivity index (χ0) is 22.1. The standard InChI is InChI=1S/C24H25ClN4O2/c1-17(28-30-3)22-13-6-9-19(26-22)10-8-16-31-29-18(2)23-14-7-15-24(27-23)20-11-4-5-12-21(20)25/h4-7,9,11-15H,8,10,16H2,1-3H3/b28-17+,29-18+. The van der Waals surface area contributed by atoms with E-state index in [-0.39, 0.29) is 0 Å². The molecule has 0 radical (unpaired) electrons. The first kappa shape index (κ1) is 22.4. The van der Waals surface area contributed by atoms with Gasteiger partial charge in [-0.05, 0) is 57.0 Å². The number of halogens is 1. The first-order valence-electron chi connectivity index (χ1n) is 10.0. The lowest BCUT2D eigenvalue weighted by Gasteiger charge is -2.07. The van der Waals surface area contributed by atoms with E-state index in [4.69, 9.17) is 21.3 Å². The van der Waals surface area contributed by atoms with Gasteiger partial charge >= 0.3 is 0 Å². The zero-order valence-corrected chi connectivity index (χ0v) is 18.6. The summed E-state index contributed by atoms with van der Waals surface area (Å²) in [5.74, 6) is 0. The normalized spacial score (nSPS) is 12.0. The molecule has 2 heterocycles. The molecule has 2 aromatic heterocycles. The lowest BCUT2D eigenvalue weighted by Crippen LogP contribution is -2.04. The molecule has 0 atom stereocenters. The summed E-state index contributed by atoms with van der Waals surface area (Å²) in [4.78, 5) is 19.6. The zero-order valence-electron chi connectivity index (χ0n) is 17.9. The molecule has 7 heteroatoms. The van der Waals surface area contributed by atoms with Crippen molar-refractivity contribution >= 4 is 23.0 Å². The third-order valence-corrected chi connectivity index (χ3v) is 4.87. The Bertz CT molecular complexity index is 1080. The van der Waals surface area contributed by atoms with Crippen molar-refractivity contribution < 1.29 is 9.68 Å². The monoisotopic (exact) mass is 436 g/mol. The van der Waals surface area contributed by atoms with E-state index in [0.717, 1.165) is 46.9 Å². The fraction of sp³-hybridized carbons (Fsp3) is 0.250. The van der Waals surface area contributed by atoms with Gasteiger partial charge in [-0.3, -0.25) is 4.98 Å². The summed E-state index contributed by atoms with van der Waals surface area (Å²) in [5.41, 5.74) is 5.67. The van der Waals surface area contributed by atoms with Crippen LogP contribution in [-0.4, -0.2) is 35.1 Å². The quantitative estimate of drug-likeness (QED) is 0.251. The van der Waals surface area contributed by atoms with E-state index in [1.54, 1.807) is 0 Å². The fourth-order valence-electron chi connectivity index (χ4n) is 2.97. The van der Waals surface area contributed by atoms with Gasteiger partial charge in [-0.15, -0.1) is 0 Å². The molecular weight excluding hydrogens is 412 g/mol. The summed E-state index contributed by atoms with van der Waals surface area (Å²) >= 11 is 6.29. The van der Waals surface area contributed by atoms with Crippen LogP contribution in [0.25, 0.3) is 11.3 Å². The van der Waals surface area contributed by atoms with Gasteiger partial charge in [0.2, 0.25) is 0 Å². The minimum absolute atomic E-state index is 0.485. The van der Waals surface area contributed by atoms with E-state index >= 15 is 0 Å². The number of benzene rings is 1. The molecule has 0 aliphatic carbocycles. The molecule has 0 amide bonds. The predicted octanol–water partition coefficient (Wildman–Crippen LogP) is 5.54. The van der Waals surface area contributed by atoms with E-state index in [1.807, 2.05) is 74.5 Å². The summed E-state index contributed by atoms with van der Waals surface area (Å²) in [5, 5.41) is 8.81. The minimum atomic E-state index is 0.485. The van der Waals surface area contributed by atoms with Crippen LogP contribution in [0.3, 0.4) is 0 Å². The van der Waals surface area contributed by atoms with Crippen LogP contribution in [0, 0.1) is 0 Å². The highest BCUT2D eigenvalue weighted by Gasteiger charge is 2.07. The third kappa shape index (κ3) is 6.36. The largest absolute Gasteiger partial charge is 0.399 e. The number of aromatic nitrogens is 2. The van der Waals surface area contributed by atoms with Crippen LogP contribution in [0.4, 0.5) is 0 Å². The molecule has 0 aliphatic rings. The molecular formula is C24H25ClN4O2. The Morgan fingerprint density at radius 1 is 0.871 bits per heavy atom. The van der Waals surface area contributed by atoms with Crippen molar-refractivity contribution in [1.29, 1.82) is 0 Å². The Morgan fingerprint density at radius 3 is 2.35 bits per heavy atom. The lowest BCUT2D eigenvalue weighted by molar-refractivity contribution is 0.141. The summed E-state index contributed by atoms with van der Waals surface area (Å²) in [6.45, 7) is 4.23. The van der Waals surface area contributed by atoms with Gasteiger partial charge in [0.05, 0.1) is 17.1 Å². The number of nitrogens with zero attached hydrogens (tertiary/aromatic N) is 4. The molecule has 0 bridgehead atoms. The molecule has 0 fully saturated rings. The van der Waals surface area contributed by atoms with Gasteiger partial charge in [-0.25, -0.2) is 4.98 Å². The van der Waals surface area contributed by atoms with Crippen LogP contribution in [0.5, 0.6) is 0 Å². The van der Waals surface area contributed by atoms with E-state index in [0.29, 0.717) is 17.3 Å². The fourth-order valence-corrected chi connectivity index (χ4v) is 3.20. The Balaban J connectivity index is 1.55. The molecule has 0 saturated heterocycles. The number of hydrogen-bond acceptors (Lipinski definition) is 6. The molecule has 0 N–H and O–H groups in total. The molecule has 3 rings (SSSR count). The highest BCUT2D eigenvalue weighted by atomic mass is 35.5. The number of oxime groups is 2. The first-order valence-corrected chi connectivity index (χ1v) is 10.4. The number of rotatable bonds is 9. The Kier molecular flexibility index (Phi) is 8.12. The second kappa shape index (κ2) is 11.2. The van der Waals surface area contributed by atoms with Crippen LogP contribution >= 0.6 is 11.6 Å². The molecule has 6 nitrogen and oxygen atoms in total. The molecule has 31 heavy (non-hydrogen) atoms. The average molecular weight is 437 g/mol. The average Bonchev–Trinajstić information content (AvgIpc) is 2.79. The predicted molar refractivity (Wildman–Crippen MR) is 125 cm³/mol. The van der Waals surface area contributed by atoms with E-state index in [2.05, 4.69) is 20.3 Å². The summed E-state index contributed by atoms with van der Waals surface area (Å²) in [7, 11) is 1.52. The number of pyridine rings is 2. The second-order valence-corrected chi connectivity index (χ2v) is 7.28. The summed E-state index contributed by atoms with van der Waals surface area (Å²) in [6.07, 6.45) is 1.57. The van der Waals surface area contributed by atoms with Gasteiger partial charge in [0, 0.05) is 16.3 Å². The molecule has 1 aromatic carbocycles. The molecule has 0 unspecified atom stereocenters. The minimum Gasteiger partial charge on any atom is -0.399 e. The maximum absolute atomic E-state index is 6.29. The highest BCUT2D eigenvalue weighted by molar-refractivity contribution is 6.33. The van der Waals surface area contributed by atoms with Crippen LogP contribution < -0.4 is 0 Å². The number of aryl methyl sites for hydroxylation is 1. The summed E-state index contributed by atoms with van der Waals surface area (Å²) in [6, 6.07) is 19.3. The van der Waals surface area contributed by atoms with Gasteiger partial charge in [0.15, 0.2) is 0 Å². The lowest BCUT2D eigenvalue weighted by atomic mass is 10.1. The van der Waals surface area contributed by atoms with Crippen molar-refractivity contribution in [2.24, 2.45) is 10.3 Å². The highest BCUT2D eigenvalue weighted by Crippen LogP contribution is 2.26. The van der Waals surface area contributed by atoms with Crippen LogP contribution in [0.2, 0.25) is 5.02 Å². The Hall–Kier alpha value is -3.25. The van der Waals surface area contributed by atoms with Crippen molar-refractivity contribution in [3.8, 4) is 11.3 Å². The first-order chi connectivity index (χ1) is 15.1. The maximum Gasteiger partial charge on any atom is 0.117 e. The third-order valence-electron chi connectivity index (χ3n) is 4.55. The van der Waals surface area contributed by atoms with Gasteiger partial charge in [0.25, 0.3) is 0 Å². The van der Waals surface area contributed by atoms with Crippen molar-refractivity contribution in [3.05, 3.63) is 82.8 Å². The topological polar surface area (TPSA) is 69.0 Å². The van der Waals surface area contributed by atoms with Crippen LogP contribution in [-0.2, 0) is 16.1 Å². The number of hydrogen-bond donors (Lipinski definition) is 0. The van der Waals surface area contributed by atoms with Crippen LogP contribution in [0.1, 0.15) is 37.4 Å². The van der Waals surface area contributed by atoms with Gasteiger partial charge in [0.1, 0.15) is 25.1 Å². The Labute approximate surface area is 187 Å². The SMILES string of the molecule is CO/N=C(\C)c1cccc(CCCO/N=C(\C)c2cccc(-c3ccccc3Cl)n2)n1.